The van der Waals surface area contributed by atoms with Crippen molar-refractivity contribution in [2.24, 2.45) is 5.92 Å². The van der Waals surface area contributed by atoms with Crippen molar-refractivity contribution in [3.8, 4) is 11.8 Å². The number of rotatable bonds is 4. The van der Waals surface area contributed by atoms with Crippen LogP contribution in [0.4, 0.5) is 0 Å². The van der Waals surface area contributed by atoms with E-state index in [0.29, 0.717) is 23.8 Å². The normalized spacial score (nSPS) is 28.5. The highest BCUT2D eigenvalue weighted by atomic mass is 16.5. The SMILES string of the molecule is COc1ccc(CN2CCOC[C@@H]2[C@@H]2CCC[C@@H]2O)cc1C#N. The Balaban J connectivity index is 1.75. The van der Waals surface area contributed by atoms with Crippen molar-refractivity contribution in [3.63, 3.8) is 0 Å². The summed E-state index contributed by atoms with van der Waals surface area (Å²) in [4.78, 5) is 2.39. The van der Waals surface area contributed by atoms with Crippen LogP contribution in [0.15, 0.2) is 18.2 Å². The minimum Gasteiger partial charge on any atom is -0.495 e. The first-order valence-corrected chi connectivity index (χ1v) is 8.30. The number of aliphatic hydroxyl groups is 1. The fourth-order valence-corrected chi connectivity index (χ4v) is 3.84. The van der Waals surface area contributed by atoms with Crippen molar-refractivity contribution >= 4 is 0 Å². The van der Waals surface area contributed by atoms with Crippen molar-refractivity contribution in [2.75, 3.05) is 26.9 Å². The molecule has 0 unspecified atom stereocenters. The fraction of sp³-hybridized carbons (Fsp3) is 0.611. The molecule has 0 bridgehead atoms. The molecule has 1 aromatic rings. The number of morpholine rings is 1. The van der Waals surface area contributed by atoms with Gasteiger partial charge in [-0.15, -0.1) is 0 Å². The summed E-state index contributed by atoms with van der Waals surface area (Å²) in [6.45, 7) is 3.04. The van der Waals surface area contributed by atoms with Crippen LogP contribution in [-0.2, 0) is 11.3 Å². The minimum absolute atomic E-state index is 0.213. The van der Waals surface area contributed by atoms with Crippen LogP contribution in [0.5, 0.6) is 5.75 Å². The van der Waals surface area contributed by atoms with Crippen LogP contribution < -0.4 is 4.74 Å². The van der Waals surface area contributed by atoms with Crippen LogP contribution in [0.25, 0.3) is 0 Å². The summed E-state index contributed by atoms with van der Waals surface area (Å²) in [7, 11) is 1.58. The van der Waals surface area contributed by atoms with Gasteiger partial charge >= 0.3 is 0 Å². The Morgan fingerprint density at radius 1 is 1.43 bits per heavy atom. The Morgan fingerprint density at radius 3 is 3.00 bits per heavy atom. The summed E-state index contributed by atoms with van der Waals surface area (Å²) >= 11 is 0. The second-order valence-corrected chi connectivity index (χ2v) is 6.42. The lowest BCUT2D eigenvalue weighted by molar-refractivity contribution is -0.0536. The Labute approximate surface area is 137 Å². The molecule has 3 rings (SSSR count). The highest BCUT2D eigenvalue weighted by Crippen LogP contribution is 2.33. The van der Waals surface area contributed by atoms with Gasteiger partial charge < -0.3 is 14.6 Å². The van der Waals surface area contributed by atoms with Gasteiger partial charge in [-0.3, -0.25) is 4.90 Å². The van der Waals surface area contributed by atoms with E-state index in [2.05, 4.69) is 11.0 Å². The van der Waals surface area contributed by atoms with Gasteiger partial charge in [0.05, 0.1) is 32.0 Å². The zero-order chi connectivity index (χ0) is 16.2. The van der Waals surface area contributed by atoms with Crippen LogP contribution in [0, 0.1) is 17.2 Å². The van der Waals surface area contributed by atoms with Gasteiger partial charge in [0.15, 0.2) is 0 Å². The maximum atomic E-state index is 10.2. The predicted molar refractivity (Wildman–Crippen MR) is 86.1 cm³/mol. The zero-order valence-electron chi connectivity index (χ0n) is 13.6. The highest BCUT2D eigenvalue weighted by molar-refractivity contribution is 5.45. The van der Waals surface area contributed by atoms with Crippen LogP contribution >= 0.6 is 0 Å². The zero-order valence-corrected chi connectivity index (χ0v) is 13.6. The van der Waals surface area contributed by atoms with E-state index >= 15 is 0 Å². The third kappa shape index (κ3) is 3.50. The lowest BCUT2D eigenvalue weighted by Crippen LogP contribution is -2.50. The quantitative estimate of drug-likeness (QED) is 0.919. The van der Waals surface area contributed by atoms with Gasteiger partial charge in [0, 0.05) is 25.0 Å². The molecule has 1 heterocycles. The van der Waals surface area contributed by atoms with Gasteiger partial charge in [0.2, 0.25) is 0 Å². The molecule has 0 radical (unpaired) electrons. The monoisotopic (exact) mass is 316 g/mol. The van der Waals surface area contributed by atoms with Crippen molar-refractivity contribution in [1.29, 1.82) is 5.26 Å². The molecule has 1 saturated carbocycles. The van der Waals surface area contributed by atoms with Crippen molar-refractivity contribution in [2.45, 2.75) is 38.0 Å². The molecule has 23 heavy (non-hydrogen) atoms. The first-order valence-electron chi connectivity index (χ1n) is 8.30. The molecule has 5 nitrogen and oxygen atoms in total. The van der Waals surface area contributed by atoms with Gasteiger partial charge in [0.1, 0.15) is 11.8 Å². The molecule has 124 valence electrons. The van der Waals surface area contributed by atoms with Crippen LogP contribution in [-0.4, -0.2) is 49.0 Å². The van der Waals surface area contributed by atoms with E-state index in [1.807, 2.05) is 18.2 Å². The molecule has 0 aromatic heterocycles. The lowest BCUT2D eigenvalue weighted by Gasteiger charge is -2.40. The third-order valence-corrected chi connectivity index (χ3v) is 5.08. The van der Waals surface area contributed by atoms with E-state index < -0.39 is 0 Å². The van der Waals surface area contributed by atoms with E-state index in [4.69, 9.17) is 9.47 Å². The van der Waals surface area contributed by atoms with Crippen LogP contribution in [0.1, 0.15) is 30.4 Å². The van der Waals surface area contributed by atoms with Crippen molar-refractivity contribution in [3.05, 3.63) is 29.3 Å². The van der Waals surface area contributed by atoms with E-state index in [1.165, 1.54) is 0 Å². The molecule has 5 heteroatoms. The molecular formula is C18H24N2O3. The number of ether oxygens (including phenoxy) is 2. The van der Waals surface area contributed by atoms with E-state index in [-0.39, 0.29) is 12.1 Å². The highest BCUT2D eigenvalue weighted by Gasteiger charge is 2.37. The van der Waals surface area contributed by atoms with Crippen LogP contribution in [0.3, 0.4) is 0 Å². The van der Waals surface area contributed by atoms with E-state index in [9.17, 15) is 10.4 Å². The average molecular weight is 316 g/mol. The number of methoxy groups -OCH3 is 1. The first kappa shape index (κ1) is 16.3. The number of benzene rings is 1. The number of hydrogen-bond donors (Lipinski definition) is 1. The maximum Gasteiger partial charge on any atom is 0.136 e. The summed E-state index contributed by atoms with van der Waals surface area (Å²) in [6.07, 6.45) is 2.85. The molecule has 1 saturated heterocycles. The molecule has 0 spiro atoms. The fourth-order valence-electron chi connectivity index (χ4n) is 3.84. The summed E-state index contributed by atoms with van der Waals surface area (Å²) in [5, 5.41) is 19.5. The van der Waals surface area contributed by atoms with Gasteiger partial charge in [-0.25, -0.2) is 0 Å². The Kier molecular flexibility index (Phi) is 5.16. The molecule has 1 aliphatic carbocycles. The van der Waals surface area contributed by atoms with Gasteiger partial charge in [-0.2, -0.15) is 5.26 Å². The van der Waals surface area contributed by atoms with Crippen molar-refractivity contribution < 1.29 is 14.6 Å². The maximum absolute atomic E-state index is 10.2. The Bertz CT molecular complexity index is 584. The second kappa shape index (κ2) is 7.31. The molecule has 3 atom stereocenters. The molecule has 1 aromatic carbocycles. The molecular weight excluding hydrogens is 292 g/mol. The Hall–Kier alpha value is -1.61. The first-order chi connectivity index (χ1) is 11.2. The molecule has 2 fully saturated rings. The van der Waals surface area contributed by atoms with E-state index in [1.54, 1.807) is 7.11 Å². The molecule has 2 aliphatic rings. The third-order valence-electron chi connectivity index (χ3n) is 5.08. The number of hydrogen-bond acceptors (Lipinski definition) is 5. The van der Waals surface area contributed by atoms with Gasteiger partial charge in [0.25, 0.3) is 0 Å². The molecule has 0 amide bonds. The number of nitriles is 1. The average Bonchev–Trinajstić information content (AvgIpc) is 3.01. The summed E-state index contributed by atoms with van der Waals surface area (Å²) in [6, 6.07) is 8.21. The van der Waals surface area contributed by atoms with Gasteiger partial charge in [-0.1, -0.05) is 12.5 Å². The summed E-state index contributed by atoms with van der Waals surface area (Å²) in [5.41, 5.74) is 1.66. The van der Waals surface area contributed by atoms with E-state index in [0.717, 1.165) is 44.5 Å². The smallest absolute Gasteiger partial charge is 0.136 e. The molecule has 1 N–H and O–H groups in total. The largest absolute Gasteiger partial charge is 0.495 e. The summed E-state index contributed by atoms with van der Waals surface area (Å²) in [5.74, 6) is 0.907. The topological polar surface area (TPSA) is 65.7 Å². The summed E-state index contributed by atoms with van der Waals surface area (Å²) < 4.78 is 10.9. The van der Waals surface area contributed by atoms with Gasteiger partial charge in [-0.05, 0) is 30.5 Å². The number of nitrogens with zero attached hydrogens (tertiary/aromatic N) is 2. The predicted octanol–water partition coefficient (Wildman–Crippen LogP) is 1.93. The second-order valence-electron chi connectivity index (χ2n) is 6.42. The minimum atomic E-state index is -0.213. The Morgan fingerprint density at radius 2 is 2.30 bits per heavy atom. The molecule has 1 aliphatic heterocycles. The van der Waals surface area contributed by atoms with Crippen molar-refractivity contribution in [1.82, 2.24) is 4.90 Å². The number of aliphatic hydroxyl groups excluding tert-OH is 1. The standard InChI is InChI=1S/C18H24N2O3/c1-22-18-6-5-13(9-14(18)10-19)11-20-7-8-23-12-16(20)15-3-2-4-17(15)21/h5-6,9,15-17,21H,2-4,7-8,11-12H2,1H3/t15-,16+,17-/m0/s1. The lowest BCUT2D eigenvalue weighted by atomic mass is 9.93. The van der Waals surface area contributed by atoms with Crippen LogP contribution in [0.2, 0.25) is 0 Å².